The fourth-order valence-corrected chi connectivity index (χ4v) is 6.54. The second-order valence-electron chi connectivity index (χ2n) is 14.5. The Morgan fingerprint density at radius 2 is 0.965 bits per heavy atom. The molecule has 0 saturated heterocycles. The quantitative estimate of drug-likeness (QED) is 0.0267. The molecule has 2 atom stereocenters. The lowest BCUT2D eigenvalue weighted by molar-refractivity contribution is -0.161. The van der Waals surface area contributed by atoms with Crippen molar-refractivity contribution < 1.29 is 37.6 Å². The van der Waals surface area contributed by atoms with E-state index in [9.17, 15) is 19.0 Å². The zero-order valence-corrected chi connectivity index (χ0v) is 36.9. The first-order valence-corrected chi connectivity index (χ1v) is 23.9. The van der Waals surface area contributed by atoms with E-state index in [1.54, 1.807) is 0 Å². The third-order valence-electron chi connectivity index (χ3n) is 9.08. The van der Waals surface area contributed by atoms with Gasteiger partial charge in [-0.25, -0.2) is 4.57 Å². The molecular weight excluding hydrogens is 737 g/mol. The number of ether oxygens (including phenoxy) is 2. The zero-order valence-electron chi connectivity index (χ0n) is 36.0. The van der Waals surface area contributed by atoms with Gasteiger partial charge in [0.15, 0.2) is 6.10 Å². The van der Waals surface area contributed by atoms with Crippen LogP contribution in [0.3, 0.4) is 0 Å². The number of unbranched alkanes of at least 4 members (excludes halogenated alkanes) is 16. The fourth-order valence-electron chi connectivity index (χ4n) is 5.77. The lowest BCUT2D eigenvalue weighted by Crippen LogP contribution is -2.29. The molecule has 0 aromatic rings. The average molecular weight is 820 g/mol. The van der Waals surface area contributed by atoms with Crippen molar-refractivity contribution in [1.82, 2.24) is 0 Å². The van der Waals surface area contributed by atoms with E-state index >= 15 is 0 Å². The molecule has 57 heavy (non-hydrogen) atoms. The normalized spacial score (nSPS) is 14.0. The zero-order chi connectivity index (χ0) is 41.8. The minimum absolute atomic E-state index is 0.0437. The van der Waals surface area contributed by atoms with Crippen LogP contribution in [-0.2, 0) is 32.7 Å². The minimum Gasteiger partial charge on any atom is -0.462 e. The van der Waals surface area contributed by atoms with Gasteiger partial charge in [-0.05, 0) is 83.5 Å². The number of carbonyl (C=O) groups excluding carboxylic acids is 2. The first-order chi connectivity index (χ1) is 27.8. The number of carbonyl (C=O) groups is 2. The number of allylic oxidation sites excluding steroid dienone is 12. The molecule has 0 rings (SSSR count). The maximum atomic E-state index is 12.6. The molecular formula is C47H82NO8P. The van der Waals surface area contributed by atoms with E-state index < -0.39 is 32.5 Å². The average Bonchev–Trinajstić information content (AvgIpc) is 3.20. The summed E-state index contributed by atoms with van der Waals surface area (Å²) in [7, 11) is -4.39. The van der Waals surface area contributed by atoms with E-state index in [1.165, 1.54) is 64.2 Å². The van der Waals surface area contributed by atoms with Gasteiger partial charge < -0.3 is 20.1 Å². The Balaban J connectivity index is 4.22. The van der Waals surface area contributed by atoms with E-state index in [-0.39, 0.29) is 32.6 Å². The molecule has 0 saturated carbocycles. The number of hydrogen-bond donors (Lipinski definition) is 2. The van der Waals surface area contributed by atoms with Gasteiger partial charge in [0, 0.05) is 19.4 Å². The maximum absolute atomic E-state index is 12.6. The monoisotopic (exact) mass is 820 g/mol. The summed E-state index contributed by atoms with van der Waals surface area (Å²) in [6.07, 6.45) is 52.1. The van der Waals surface area contributed by atoms with Crippen molar-refractivity contribution in [2.24, 2.45) is 5.73 Å². The third-order valence-corrected chi connectivity index (χ3v) is 10.1. The van der Waals surface area contributed by atoms with Crippen LogP contribution < -0.4 is 5.73 Å². The van der Waals surface area contributed by atoms with Crippen LogP contribution in [0.25, 0.3) is 0 Å². The van der Waals surface area contributed by atoms with Gasteiger partial charge in [0.1, 0.15) is 6.61 Å². The molecule has 0 fully saturated rings. The lowest BCUT2D eigenvalue weighted by atomic mass is 10.1. The first-order valence-electron chi connectivity index (χ1n) is 22.4. The number of esters is 2. The van der Waals surface area contributed by atoms with Crippen LogP contribution >= 0.6 is 7.82 Å². The van der Waals surface area contributed by atoms with Crippen molar-refractivity contribution in [2.75, 3.05) is 26.4 Å². The molecule has 0 heterocycles. The second-order valence-corrected chi connectivity index (χ2v) is 16.0. The summed E-state index contributed by atoms with van der Waals surface area (Å²) in [6.45, 7) is 3.56. The highest BCUT2D eigenvalue weighted by Crippen LogP contribution is 2.43. The Labute approximate surface area is 348 Å². The minimum atomic E-state index is -4.39. The van der Waals surface area contributed by atoms with Gasteiger partial charge in [0.2, 0.25) is 0 Å². The lowest BCUT2D eigenvalue weighted by Gasteiger charge is -2.19. The standard InChI is InChI=1S/C47H82NO8P/c1-3-5-7-9-11-13-15-17-19-21-22-24-26-28-30-32-34-36-38-40-47(50)56-45(44-55-57(51,52)54-42-41-48)43-53-46(49)39-37-35-33-31-29-27-25-23-20-18-16-14-12-10-8-6-4-2/h5,7,11,13,17-20,22,24,28,30,45H,3-4,6,8-10,12,14-16,21,23,25-27,29,31-44,48H2,1-2H3,(H,51,52)/b7-5+,13-11+,19-17+,20-18+,24-22+,30-28+/t45-/m1/s1. The van der Waals surface area contributed by atoms with Crippen molar-refractivity contribution in [3.05, 3.63) is 72.9 Å². The number of phosphoric ester groups is 1. The van der Waals surface area contributed by atoms with Crippen molar-refractivity contribution in [1.29, 1.82) is 0 Å². The molecule has 0 aliphatic carbocycles. The van der Waals surface area contributed by atoms with Crippen molar-refractivity contribution in [2.45, 2.75) is 187 Å². The van der Waals surface area contributed by atoms with Gasteiger partial charge in [-0.1, -0.05) is 157 Å². The highest BCUT2D eigenvalue weighted by atomic mass is 31.2. The Morgan fingerprint density at radius 3 is 1.47 bits per heavy atom. The Kier molecular flexibility index (Phi) is 41.1. The second kappa shape index (κ2) is 43.0. The van der Waals surface area contributed by atoms with Gasteiger partial charge in [-0.15, -0.1) is 0 Å². The summed E-state index contributed by atoms with van der Waals surface area (Å²) in [5, 5.41) is 0. The largest absolute Gasteiger partial charge is 0.472 e. The summed E-state index contributed by atoms with van der Waals surface area (Å²) >= 11 is 0. The van der Waals surface area contributed by atoms with Crippen LogP contribution in [0.1, 0.15) is 181 Å². The molecule has 0 aromatic carbocycles. The molecule has 0 amide bonds. The smallest absolute Gasteiger partial charge is 0.462 e. The summed E-state index contributed by atoms with van der Waals surface area (Å²) < 4.78 is 32.8. The van der Waals surface area contributed by atoms with Crippen LogP contribution in [0.5, 0.6) is 0 Å². The molecule has 0 aliphatic rings. The molecule has 0 radical (unpaired) electrons. The molecule has 9 nitrogen and oxygen atoms in total. The highest BCUT2D eigenvalue weighted by molar-refractivity contribution is 7.47. The van der Waals surface area contributed by atoms with E-state index in [1.807, 2.05) is 0 Å². The Morgan fingerprint density at radius 1 is 0.544 bits per heavy atom. The molecule has 10 heteroatoms. The maximum Gasteiger partial charge on any atom is 0.472 e. The van der Waals surface area contributed by atoms with Crippen LogP contribution in [-0.4, -0.2) is 49.3 Å². The summed E-state index contributed by atoms with van der Waals surface area (Å²) in [6, 6.07) is 0. The van der Waals surface area contributed by atoms with Gasteiger partial charge in [-0.3, -0.25) is 18.6 Å². The van der Waals surface area contributed by atoms with Crippen LogP contribution in [0.4, 0.5) is 0 Å². The van der Waals surface area contributed by atoms with E-state index in [0.29, 0.717) is 6.42 Å². The van der Waals surface area contributed by atoms with Crippen LogP contribution in [0, 0.1) is 0 Å². The molecule has 0 aromatic heterocycles. The number of phosphoric acid groups is 1. The summed E-state index contributed by atoms with van der Waals surface area (Å²) in [5.41, 5.74) is 5.35. The van der Waals surface area contributed by atoms with E-state index in [2.05, 4.69) is 86.8 Å². The van der Waals surface area contributed by atoms with E-state index in [4.69, 9.17) is 24.3 Å². The Hall–Kier alpha value is -2.55. The SMILES string of the molecule is CC/C=C/C/C=C/C/C=C/C/C=C/C/C=C/CCCCCC(=O)O[C@H](COC(=O)CCCCCCCCC/C=C/CCCCCCCC)COP(=O)(O)OCCN. The van der Waals surface area contributed by atoms with E-state index in [0.717, 1.165) is 83.5 Å². The number of rotatable bonds is 41. The molecule has 0 bridgehead atoms. The molecule has 1 unspecified atom stereocenters. The van der Waals surface area contributed by atoms with Crippen LogP contribution in [0.15, 0.2) is 72.9 Å². The van der Waals surface area contributed by atoms with Crippen LogP contribution in [0.2, 0.25) is 0 Å². The van der Waals surface area contributed by atoms with Crippen molar-refractivity contribution >= 4 is 19.8 Å². The predicted octanol–water partition coefficient (Wildman–Crippen LogP) is 13.1. The first kappa shape index (κ1) is 54.5. The topological polar surface area (TPSA) is 134 Å². The van der Waals surface area contributed by atoms with Crippen molar-refractivity contribution in [3.8, 4) is 0 Å². The van der Waals surface area contributed by atoms with Gasteiger partial charge >= 0.3 is 19.8 Å². The van der Waals surface area contributed by atoms with Gasteiger partial charge in [0.25, 0.3) is 0 Å². The predicted molar refractivity (Wildman–Crippen MR) is 238 cm³/mol. The molecule has 0 aliphatic heterocycles. The molecule has 3 N–H and O–H groups in total. The highest BCUT2D eigenvalue weighted by Gasteiger charge is 2.26. The fraction of sp³-hybridized carbons (Fsp3) is 0.702. The Bertz CT molecular complexity index is 1160. The summed E-state index contributed by atoms with van der Waals surface area (Å²) in [4.78, 5) is 34.9. The van der Waals surface area contributed by atoms with Gasteiger partial charge in [0.05, 0.1) is 13.2 Å². The molecule has 0 spiro atoms. The van der Waals surface area contributed by atoms with Crippen molar-refractivity contribution in [3.63, 3.8) is 0 Å². The summed E-state index contributed by atoms with van der Waals surface area (Å²) in [5.74, 6) is -0.875. The molecule has 328 valence electrons. The van der Waals surface area contributed by atoms with Gasteiger partial charge in [-0.2, -0.15) is 0 Å². The number of hydrogen-bond acceptors (Lipinski definition) is 8. The number of nitrogens with two attached hydrogens (primary N) is 1. The third kappa shape index (κ3) is 42.9.